The van der Waals surface area contributed by atoms with E-state index in [0.29, 0.717) is 19.4 Å². The number of hydrogen-bond donors (Lipinski definition) is 1. The molecular formula is C14H17FN4O2. The van der Waals surface area contributed by atoms with E-state index in [2.05, 4.69) is 15.3 Å². The van der Waals surface area contributed by atoms with Crippen LogP contribution in [-0.4, -0.2) is 25.7 Å². The maximum atomic E-state index is 13.3. The number of halogens is 1. The number of ether oxygens (including phenoxy) is 1. The van der Waals surface area contributed by atoms with Gasteiger partial charge in [0.15, 0.2) is 0 Å². The van der Waals surface area contributed by atoms with E-state index in [1.54, 1.807) is 13.0 Å². The average Bonchev–Trinajstić information content (AvgIpc) is 2.83. The van der Waals surface area contributed by atoms with Crippen LogP contribution in [0, 0.1) is 5.82 Å². The van der Waals surface area contributed by atoms with Crippen molar-refractivity contribution in [3.63, 3.8) is 0 Å². The average molecular weight is 292 g/mol. The van der Waals surface area contributed by atoms with Gasteiger partial charge in [-0.05, 0) is 48.6 Å². The Morgan fingerprint density at radius 3 is 3.14 bits per heavy atom. The molecule has 0 spiro atoms. The van der Waals surface area contributed by atoms with Gasteiger partial charge >= 0.3 is 5.97 Å². The molecule has 1 aliphatic rings. The fraction of sp³-hybridized carbons (Fsp3) is 0.500. The molecule has 1 aromatic rings. The smallest absolute Gasteiger partial charge is 0.331 e. The fourth-order valence-corrected chi connectivity index (χ4v) is 2.73. The zero-order chi connectivity index (χ0) is 15.3. The summed E-state index contributed by atoms with van der Waals surface area (Å²) in [7, 11) is 0. The Kier molecular flexibility index (Phi) is 4.77. The quantitative estimate of drug-likeness (QED) is 0.287. The molecule has 0 heterocycles. The van der Waals surface area contributed by atoms with Gasteiger partial charge in [-0.1, -0.05) is 11.2 Å². The molecule has 1 unspecified atom stereocenters. The third kappa shape index (κ3) is 2.99. The van der Waals surface area contributed by atoms with Crippen LogP contribution in [-0.2, 0) is 21.5 Å². The third-order valence-corrected chi connectivity index (χ3v) is 3.62. The number of carbonyl (C=O) groups excluding carboxylic acids is 1. The van der Waals surface area contributed by atoms with Crippen molar-refractivity contribution in [3.05, 3.63) is 45.6 Å². The summed E-state index contributed by atoms with van der Waals surface area (Å²) in [6.07, 6.45) is 1.10. The Morgan fingerprint density at radius 1 is 1.62 bits per heavy atom. The first-order valence-corrected chi connectivity index (χ1v) is 6.86. The summed E-state index contributed by atoms with van der Waals surface area (Å²) in [5, 5.41) is 6.57. The number of carbonyl (C=O) groups is 1. The van der Waals surface area contributed by atoms with E-state index >= 15 is 0 Å². The van der Waals surface area contributed by atoms with E-state index in [-0.39, 0.29) is 24.9 Å². The number of esters is 1. The van der Waals surface area contributed by atoms with Crippen molar-refractivity contribution in [1.29, 1.82) is 0 Å². The number of aryl methyl sites for hydroxylation is 1. The highest BCUT2D eigenvalue weighted by Gasteiger charge is 2.46. The summed E-state index contributed by atoms with van der Waals surface area (Å²) in [5.74, 6) is -0.696. The molecule has 1 aliphatic carbocycles. The molecule has 0 radical (unpaired) electrons. The number of rotatable bonds is 6. The first kappa shape index (κ1) is 15.3. The summed E-state index contributed by atoms with van der Waals surface area (Å²) in [5.41, 5.74) is 8.86. The lowest BCUT2D eigenvalue weighted by atomic mass is 9.91. The van der Waals surface area contributed by atoms with Gasteiger partial charge in [-0.3, -0.25) is 5.32 Å². The molecule has 2 rings (SSSR count). The van der Waals surface area contributed by atoms with Crippen LogP contribution in [0.2, 0.25) is 0 Å². The second-order valence-electron chi connectivity index (χ2n) is 4.81. The van der Waals surface area contributed by atoms with Crippen molar-refractivity contribution in [1.82, 2.24) is 5.32 Å². The number of azide groups is 1. The van der Waals surface area contributed by atoms with Crippen molar-refractivity contribution in [2.75, 3.05) is 19.7 Å². The molecule has 0 saturated heterocycles. The van der Waals surface area contributed by atoms with E-state index < -0.39 is 5.54 Å². The van der Waals surface area contributed by atoms with Crippen molar-refractivity contribution < 1.29 is 13.9 Å². The molecule has 6 nitrogen and oxygen atoms in total. The van der Waals surface area contributed by atoms with Crippen LogP contribution in [0.5, 0.6) is 0 Å². The second kappa shape index (κ2) is 6.56. The monoisotopic (exact) mass is 292 g/mol. The lowest BCUT2D eigenvalue weighted by molar-refractivity contribution is -0.151. The van der Waals surface area contributed by atoms with Gasteiger partial charge in [-0.15, -0.1) is 0 Å². The van der Waals surface area contributed by atoms with Gasteiger partial charge in [-0.25, -0.2) is 9.18 Å². The van der Waals surface area contributed by atoms with Crippen molar-refractivity contribution in [2.24, 2.45) is 5.11 Å². The Bertz CT molecular complexity index is 586. The van der Waals surface area contributed by atoms with Crippen molar-refractivity contribution in [3.8, 4) is 0 Å². The van der Waals surface area contributed by atoms with E-state index in [1.165, 1.54) is 12.1 Å². The Labute approximate surface area is 121 Å². The van der Waals surface area contributed by atoms with E-state index in [1.807, 2.05) is 0 Å². The van der Waals surface area contributed by atoms with Gasteiger partial charge in [0.2, 0.25) is 0 Å². The van der Waals surface area contributed by atoms with Gasteiger partial charge in [-0.2, -0.15) is 0 Å². The molecule has 0 bridgehead atoms. The van der Waals surface area contributed by atoms with Gasteiger partial charge in [0.25, 0.3) is 0 Å². The highest BCUT2D eigenvalue weighted by atomic mass is 19.1. The van der Waals surface area contributed by atoms with Crippen LogP contribution in [0.4, 0.5) is 4.39 Å². The summed E-state index contributed by atoms with van der Waals surface area (Å²) in [6, 6.07) is 4.41. The number of benzene rings is 1. The Hall–Kier alpha value is -2.11. The van der Waals surface area contributed by atoms with Crippen LogP contribution in [0.25, 0.3) is 10.4 Å². The third-order valence-electron chi connectivity index (χ3n) is 3.62. The van der Waals surface area contributed by atoms with Gasteiger partial charge in [0.05, 0.1) is 6.61 Å². The lowest BCUT2D eigenvalue weighted by Crippen LogP contribution is -2.49. The van der Waals surface area contributed by atoms with E-state index in [0.717, 1.165) is 11.1 Å². The molecule has 1 N–H and O–H groups in total. The topological polar surface area (TPSA) is 87.1 Å². The summed E-state index contributed by atoms with van der Waals surface area (Å²) < 4.78 is 18.5. The zero-order valence-corrected chi connectivity index (χ0v) is 11.8. The second-order valence-corrected chi connectivity index (χ2v) is 4.81. The highest BCUT2D eigenvalue weighted by Crippen LogP contribution is 2.38. The first-order valence-electron chi connectivity index (χ1n) is 6.86. The molecule has 112 valence electrons. The lowest BCUT2D eigenvalue weighted by Gasteiger charge is -2.29. The molecule has 0 aliphatic heterocycles. The van der Waals surface area contributed by atoms with Crippen LogP contribution in [0.3, 0.4) is 0 Å². The molecule has 7 heteroatoms. The van der Waals surface area contributed by atoms with Gasteiger partial charge in [0.1, 0.15) is 11.4 Å². The predicted molar refractivity (Wildman–Crippen MR) is 75.0 cm³/mol. The normalized spacial score (nSPS) is 19.7. The highest BCUT2D eigenvalue weighted by molar-refractivity contribution is 5.84. The molecule has 1 aromatic carbocycles. The Morgan fingerprint density at radius 2 is 2.43 bits per heavy atom. The predicted octanol–water partition coefficient (Wildman–Crippen LogP) is 2.43. The summed E-state index contributed by atoms with van der Waals surface area (Å²) in [6.45, 7) is 2.59. The molecule has 1 atom stereocenters. The molecule has 0 fully saturated rings. The van der Waals surface area contributed by atoms with Crippen LogP contribution >= 0.6 is 0 Å². The zero-order valence-electron chi connectivity index (χ0n) is 11.8. The maximum absolute atomic E-state index is 13.3. The fourth-order valence-electron chi connectivity index (χ4n) is 2.73. The van der Waals surface area contributed by atoms with E-state index in [9.17, 15) is 9.18 Å². The SMILES string of the molecule is CCOC(=O)C1(NCCN=[N+]=[N-])CCc2cc(F)ccc21. The minimum atomic E-state index is -0.982. The molecule has 0 amide bonds. The van der Waals surface area contributed by atoms with Crippen LogP contribution < -0.4 is 5.32 Å². The molecule has 0 aromatic heterocycles. The first-order chi connectivity index (χ1) is 10.1. The van der Waals surface area contributed by atoms with Gasteiger partial charge in [0, 0.05) is 18.0 Å². The number of nitrogens with zero attached hydrogens (tertiary/aromatic N) is 3. The molecule has 21 heavy (non-hydrogen) atoms. The van der Waals surface area contributed by atoms with Crippen molar-refractivity contribution in [2.45, 2.75) is 25.3 Å². The number of hydrogen-bond acceptors (Lipinski definition) is 4. The van der Waals surface area contributed by atoms with Crippen LogP contribution in [0.15, 0.2) is 23.3 Å². The number of fused-ring (bicyclic) bond motifs is 1. The summed E-state index contributed by atoms with van der Waals surface area (Å²) >= 11 is 0. The van der Waals surface area contributed by atoms with E-state index in [4.69, 9.17) is 10.3 Å². The largest absolute Gasteiger partial charge is 0.464 e. The standard InChI is InChI=1S/C14H17FN4O2/c1-2-21-13(20)14(17-7-8-18-19-16)6-5-10-9-11(15)3-4-12(10)14/h3-4,9,17H,2,5-8H2,1H3. The van der Waals surface area contributed by atoms with Crippen molar-refractivity contribution >= 4 is 5.97 Å². The van der Waals surface area contributed by atoms with Gasteiger partial charge < -0.3 is 4.74 Å². The Balaban J connectivity index is 2.30. The summed E-state index contributed by atoms with van der Waals surface area (Å²) in [4.78, 5) is 15.1. The number of nitrogens with one attached hydrogen (secondary N) is 1. The minimum absolute atomic E-state index is 0.230. The van der Waals surface area contributed by atoms with Crippen LogP contribution in [0.1, 0.15) is 24.5 Å². The maximum Gasteiger partial charge on any atom is 0.331 e. The minimum Gasteiger partial charge on any atom is -0.464 e. The molecule has 0 saturated carbocycles. The molecular weight excluding hydrogens is 275 g/mol.